The van der Waals surface area contributed by atoms with Crippen molar-refractivity contribution in [1.29, 1.82) is 0 Å². The summed E-state index contributed by atoms with van der Waals surface area (Å²) in [6.45, 7) is 1.52. The lowest BCUT2D eigenvalue weighted by Crippen LogP contribution is -2.06. The van der Waals surface area contributed by atoms with Crippen LogP contribution in [-0.4, -0.2) is 19.0 Å². The van der Waals surface area contributed by atoms with Gasteiger partial charge in [0.15, 0.2) is 0 Å². The molecule has 4 nitrogen and oxygen atoms in total. The number of benzene rings is 1. The lowest BCUT2D eigenvalue weighted by Gasteiger charge is -2.09. The van der Waals surface area contributed by atoms with E-state index in [0.29, 0.717) is 5.56 Å². The molecule has 1 rings (SSSR count). The molecule has 17 heavy (non-hydrogen) atoms. The van der Waals surface area contributed by atoms with Crippen molar-refractivity contribution >= 4 is 50.5 Å². The van der Waals surface area contributed by atoms with Crippen LogP contribution in [0.15, 0.2) is 16.6 Å². The van der Waals surface area contributed by atoms with Crippen LogP contribution in [0.3, 0.4) is 0 Å². The minimum atomic E-state index is -0.394. The van der Waals surface area contributed by atoms with E-state index < -0.39 is 5.97 Å². The Labute approximate surface area is 121 Å². The molecule has 0 aliphatic heterocycles. The third kappa shape index (κ3) is 3.67. The van der Waals surface area contributed by atoms with Gasteiger partial charge in [-0.2, -0.15) is 0 Å². The van der Waals surface area contributed by atoms with Crippen LogP contribution in [0.4, 0.5) is 0 Å². The molecule has 0 N–H and O–H groups in total. The molecule has 0 atom stereocenters. The smallest absolute Gasteiger partial charge is 0.338 e. The van der Waals surface area contributed by atoms with Crippen molar-refractivity contribution < 1.29 is 19.1 Å². The monoisotopic (exact) mass is 412 g/mol. The van der Waals surface area contributed by atoms with E-state index in [2.05, 4.69) is 20.7 Å². The fraction of sp³-hybridized carbons (Fsp3) is 0.273. The molecule has 0 radical (unpaired) electrons. The molecule has 0 fully saturated rings. The number of methoxy groups -OCH3 is 1. The molecule has 1 aromatic rings. The van der Waals surface area contributed by atoms with E-state index in [4.69, 9.17) is 4.74 Å². The molecule has 92 valence electrons. The Balaban J connectivity index is 3.02. The highest BCUT2D eigenvalue weighted by Gasteiger charge is 2.15. The molecule has 0 unspecified atom stereocenters. The number of esters is 2. The van der Waals surface area contributed by atoms with Gasteiger partial charge in [0.2, 0.25) is 0 Å². The third-order valence-electron chi connectivity index (χ3n) is 2.00. The summed E-state index contributed by atoms with van der Waals surface area (Å²) in [5, 5.41) is 0. The van der Waals surface area contributed by atoms with Crippen LogP contribution in [0, 0.1) is 3.57 Å². The second-order valence-corrected chi connectivity index (χ2v) is 5.04. The molecule has 0 bridgehead atoms. The molecule has 0 saturated carbocycles. The zero-order chi connectivity index (χ0) is 13.0. The molecule has 0 heterocycles. The van der Waals surface area contributed by atoms with E-state index in [1.807, 2.05) is 22.6 Å². The fourth-order valence-electron chi connectivity index (χ4n) is 1.15. The van der Waals surface area contributed by atoms with Crippen LogP contribution in [0.2, 0.25) is 0 Å². The van der Waals surface area contributed by atoms with Gasteiger partial charge in [0.1, 0.15) is 6.61 Å². The number of carbonyl (C=O) groups is 2. The summed E-state index contributed by atoms with van der Waals surface area (Å²) in [5.41, 5.74) is 1.28. The number of rotatable bonds is 3. The van der Waals surface area contributed by atoms with Gasteiger partial charge < -0.3 is 9.47 Å². The first-order valence-corrected chi connectivity index (χ1v) is 6.53. The van der Waals surface area contributed by atoms with Crippen molar-refractivity contribution in [2.24, 2.45) is 0 Å². The fourth-order valence-corrected chi connectivity index (χ4v) is 2.35. The maximum absolute atomic E-state index is 11.4. The summed E-state index contributed by atoms with van der Waals surface area (Å²) in [6, 6.07) is 3.37. The van der Waals surface area contributed by atoms with Gasteiger partial charge in [-0.05, 0) is 44.6 Å². The van der Waals surface area contributed by atoms with Crippen LogP contribution in [-0.2, 0) is 20.9 Å². The van der Waals surface area contributed by atoms with Gasteiger partial charge in [-0.15, -0.1) is 0 Å². The van der Waals surface area contributed by atoms with Crippen LogP contribution < -0.4 is 0 Å². The first-order chi connectivity index (χ1) is 7.97. The van der Waals surface area contributed by atoms with Gasteiger partial charge in [-0.3, -0.25) is 4.79 Å². The number of halogens is 2. The Bertz CT molecular complexity index is 459. The van der Waals surface area contributed by atoms with Gasteiger partial charge in [-0.25, -0.2) is 4.79 Å². The van der Waals surface area contributed by atoms with Crippen molar-refractivity contribution in [2.75, 3.05) is 7.11 Å². The Morgan fingerprint density at radius 2 is 2.06 bits per heavy atom. The van der Waals surface area contributed by atoms with Gasteiger partial charge in [0, 0.05) is 20.5 Å². The highest BCUT2D eigenvalue weighted by atomic mass is 127. The van der Waals surface area contributed by atoms with Gasteiger partial charge in [-0.1, -0.05) is 6.07 Å². The standard InChI is InChI=1S/C11H10BrIO4/c1-6(14)17-5-7-3-4-8(11(15)16-2)10(13)9(7)12/h3-4H,5H2,1-2H3. The number of ether oxygens (including phenoxy) is 2. The normalized spacial score (nSPS) is 9.88. The maximum Gasteiger partial charge on any atom is 0.338 e. The second-order valence-electron chi connectivity index (χ2n) is 3.17. The van der Waals surface area contributed by atoms with Crippen molar-refractivity contribution in [3.8, 4) is 0 Å². The Kier molecular flexibility index (Phi) is 5.38. The van der Waals surface area contributed by atoms with Gasteiger partial charge in [0.05, 0.1) is 12.7 Å². The summed E-state index contributed by atoms with van der Waals surface area (Å²) >= 11 is 5.41. The van der Waals surface area contributed by atoms with Crippen LogP contribution >= 0.6 is 38.5 Å². The molecule has 0 aliphatic rings. The summed E-state index contributed by atoms with van der Waals surface area (Å²) in [7, 11) is 1.33. The largest absolute Gasteiger partial charge is 0.465 e. The molecule has 0 spiro atoms. The molecule has 0 aromatic heterocycles. The van der Waals surface area contributed by atoms with Crippen molar-refractivity contribution in [2.45, 2.75) is 13.5 Å². The highest BCUT2D eigenvalue weighted by molar-refractivity contribution is 14.1. The van der Waals surface area contributed by atoms with E-state index in [1.54, 1.807) is 12.1 Å². The summed E-state index contributed by atoms with van der Waals surface area (Å²) in [6.07, 6.45) is 0. The zero-order valence-corrected chi connectivity index (χ0v) is 13.0. The van der Waals surface area contributed by atoms with E-state index in [1.165, 1.54) is 14.0 Å². The maximum atomic E-state index is 11.4. The highest BCUT2D eigenvalue weighted by Crippen LogP contribution is 2.28. The Morgan fingerprint density at radius 1 is 1.41 bits per heavy atom. The number of hydrogen-bond acceptors (Lipinski definition) is 4. The predicted octanol–water partition coefficient (Wildman–Crippen LogP) is 2.90. The lowest BCUT2D eigenvalue weighted by molar-refractivity contribution is -0.142. The first-order valence-electron chi connectivity index (χ1n) is 4.66. The molecule has 0 amide bonds. The molecule has 0 aliphatic carbocycles. The second kappa shape index (κ2) is 6.34. The van der Waals surface area contributed by atoms with E-state index >= 15 is 0 Å². The van der Waals surface area contributed by atoms with Gasteiger partial charge >= 0.3 is 11.9 Å². The number of carbonyl (C=O) groups excluding carboxylic acids is 2. The predicted molar refractivity (Wildman–Crippen MR) is 73.7 cm³/mol. The van der Waals surface area contributed by atoms with Crippen LogP contribution in [0.5, 0.6) is 0 Å². The van der Waals surface area contributed by atoms with E-state index in [9.17, 15) is 9.59 Å². The molecule has 0 saturated heterocycles. The Morgan fingerprint density at radius 3 is 2.59 bits per heavy atom. The van der Waals surface area contributed by atoms with Crippen molar-refractivity contribution in [1.82, 2.24) is 0 Å². The SMILES string of the molecule is COC(=O)c1ccc(COC(C)=O)c(Br)c1I. The minimum Gasteiger partial charge on any atom is -0.465 e. The van der Waals surface area contributed by atoms with Crippen molar-refractivity contribution in [3.05, 3.63) is 31.3 Å². The number of hydrogen-bond donors (Lipinski definition) is 0. The third-order valence-corrected chi connectivity index (χ3v) is 4.77. The Hall–Kier alpha value is -0.630. The molecule has 1 aromatic carbocycles. The summed E-state index contributed by atoms with van der Waals surface area (Å²) in [4.78, 5) is 22.2. The topological polar surface area (TPSA) is 52.6 Å². The molecular formula is C11H10BrIO4. The van der Waals surface area contributed by atoms with Crippen LogP contribution in [0.25, 0.3) is 0 Å². The zero-order valence-electron chi connectivity index (χ0n) is 9.25. The quantitative estimate of drug-likeness (QED) is 0.565. The van der Waals surface area contributed by atoms with Gasteiger partial charge in [0.25, 0.3) is 0 Å². The summed E-state index contributed by atoms with van der Waals surface area (Å²) in [5.74, 6) is -0.738. The first kappa shape index (κ1) is 14.4. The average Bonchev–Trinajstić information content (AvgIpc) is 2.30. The molecule has 6 heteroatoms. The minimum absolute atomic E-state index is 0.174. The van der Waals surface area contributed by atoms with E-state index in [-0.39, 0.29) is 12.6 Å². The van der Waals surface area contributed by atoms with Crippen LogP contribution in [0.1, 0.15) is 22.8 Å². The average molecular weight is 413 g/mol. The lowest BCUT2D eigenvalue weighted by atomic mass is 10.1. The molecular weight excluding hydrogens is 403 g/mol. The summed E-state index contributed by atoms with van der Waals surface area (Å²) < 4.78 is 11.0. The van der Waals surface area contributed by atoms with Crippen molar-refractivity contribution in [3.63, 3.8) is 0 Å². The van der Waals surface area contributed by atoms with E-state index in [0.717, 1.165) is 13.6 Å².